The first-order valence-electron chi connectivity index (χ1n) is 10.8. The first kappa shape index (κ1) is 23.9. The summed E-state index contributed by atoms with van der Waals surface area (Å²) >= 11 is 0. The molecule has 4 heteroatoms. The van der Waals surface area contributed by atoms with Gasteiger partial charge in [0.15, 0.2) is 0 Å². The molecule has 0 aliphatic heterocycles. The van der Waals surface area contributed by atoms with Crippen LogP contribution in [0.5, 0.6) is 0 Å². The van der Waals surface area contributed by atoms with E-state index in [0.717, 1.165) is 6.42 Å². The van der Waals surface area contributed by atoms with E-state index in [9.17, 15) is 9.59 Å². The highest BCUT2D eigenvalue weighted by Gasteiger charge is 2.16. The number of hydrogen-bond acceptors (Lipinski definition) is 3. The summed E-state index contributed by atoms with van der Waals surface area (Å²) in [4.78, 5) is 23.1. The molecule has 1 rings (SSSR count). The fourth-order valence-electron chi connectivity index (χ4n) is 3.13. The number of unbranched alkanes of at least 4 members (excludes halogenated alkanes) is 10. The number of aromatic carboxylic acids is 1. The third-order valence-electron chi connectivity index (χ3n) is 4.79. The first-order chi connectivity index (χ1) is 13.7. The van der Waals surface area contributed by atoms with Gasteiger partial charge in [-0.15, -0.1) is 0 Å². The predicted octanol–water partition coefficient (Wildman–Crippen LogP) is 6.80. The molecule has 0 fully saturated rings. The molecule has 0 unspecified atom stereocenters. The molecule has 1 N–H and O–H groups in total. The van der Waals surface area contributed by atoms with Crippen LogP contribution in [0.2, 0.25) is 0 Å². The van der Waals surface area contributed by atoms with Gasteiger partial charge in [-0.3, -0.25) is 0 Å². The van der Waals surface area contributed by atoms with Crippen LogP contribution < -0.4 is 0 Å². The summed E-state index contributed by atoms with van der Waals surface area (Å²) in [5.74, 6) is -1.70. The highest BCUT2D eigenvalue weighted by molar-refractivity contribution is 6.02. The fraction of sp³-hybridized carbons (Fsp3) is 0.583. The number of carbonyl (C=O) groups excluding carboxylic acids is 1. The summed E-state index contributed by atoms with van der Waals surface area (Å²) in [5.41, 5.74) is 0.0772. The second-order valence-corrected chi connectivity index (χ2v) is 7.22. The van der Waals surface area contributed by atoms with Gasteiger partial charge in [0.2, 0.25) is 0 Å². The molecule has 0 atom stereocenters. The molecule has 0 amide bonds. The number of hydrogen-bond donors (Lipinski definition) is 1. The van der Waals surface area contributed by atoms with E-state index in [0.29, 0.717) is 6.42 Å². The molecule has 0 radical (unpaired) electrons. The van der Waals surface area contributed by atoms with Crippen molar-refractivity contribution in [3.8, 4) is 0 Å². The molecule has 0 spiro atoms. The summed E-state index contributed by atoms with van der Waals surface area (Å²) in [6.45, 7) is 2.52. The summed E-state index contributed by atoms with van der Waals surface area (Å²) in [7, 11) is 0. The number of rotatable bonds is 16. The van der Waals surface area contributed by atoms with Crippen molar-refractivity contribution in [2.24, 2.45) is 0 Å². The Morgan fingerprint density at radius 3 is 1.96 bits per heavy atom. The Morgan fingerprint density at radius 1 is 0.821 bits per heavy atom. The molecule has 0 aliphatic carbocycles. The van der Waals surface area contributed by atoms with Crippen LogP contribution >= 0.6 is 0 Å². The van der Waals surface area contributed by atoms with E-state index >= 15 is 0 Å². The van der Waals surface area contributed by atoms with E-state index in [2.05, 4.69) is 13.0 Å². The van der Waals surface area contributed by atoms with Crippen LogP contribution in [-0.4, -0.2) is 23.7 Å². The van der Waals surface area contributed by atoms with Crippen molar-refractivity contribution in [3.05, 3.63) is 47.5 Å². The fourth-order valence-corrected chi connectivity index (χ4v) is 3.13. The molecular weight excluding hydrogens is 352 g/mol. The van der Waals surface area contributed by atoms with Gasteiger partial charge in [-0.2, -0.15) is 0 Å². The Labute approximate surface area is 170 Å². The number of esters is 1. The zero-order valence-corrected chi connectivity index (χ0v) is 17.3. The molecule has 0 saturated heterocycles. The zero-order chi connectivity index (χ0) is 20.5. The number of carbonyl (C=O) groups is 2. The third kappa shape index (κ3) is 10.9. The number of carboxylic acid groups (broad SMARTS) is 1. The van der Waals surface area contributed by atoms with Crippen LogP contribution in [0.4, 0.5) is 0 Å². The Balaban J connectivity index is 2.01. The monoisotopic (exact) mass is 388 g/mol. The molecule has 0 heterocycles. The van der Waals surface area contributed by atoms with Crippen molar-refractivity contribution in [1.82, 2.24) is 0 Å². The molecule has 1 aromatic rings. The Bertz CT molecular complexity index is 592. The standard InChI is InChI=1S/C24H36O4/c1-2-3-4-5-6-7-8-9-10-11-12-13-14-17-20-28-24(27)22-19-16-15-18-21(22)23(25)26/h13-16,18-19H,2-12,17,20H2,1H3,(H,25,26)/b14-13+. The highest BCUT2D eigenvalue weighted by Crippen LogP contribution is 2.12. The Morgan fingerprint density at radius 2 is 1.36 bits per heavy atom. The van der Waals surface area contributed by atoms with Crippen LogP contribution in [0.15, 0.2) is 36.4 Å². The van der Waals surface area contributed by atoms with Crippen LogP contribution in [0, 0.1) is 0 Å². The van der Waals surface area contributed by atoms with Gasteiger partial charge in [0.1, 0.15) is 0 Å². The molecular formula is C24H36O4. The first-order valence-corrected chi connectivity index (χ1v) is 10.8. The smallest absolute Gasteiger partial charge is 0.339 e. The maximum absolute atomic E-state index is 12.0. The molecule has 0 aliphatic rings. The largest absolute Gasteiger partial charge is 0.478 e. The molecule has 0 bridgehead atoms. The average Bonchev–Trinajstić information content (AvgIpc) is 2.70. The summed E-state index contributed by atoms with van der Waals surface area (Å²) < 4.78 is 5.17. The summed E-state index contributed by atoms with van der Waals surface area (Å²) in [6, 6.07) is 6.12. The molecule has 0 saturated carbocycles. The second kappa shape index (κ2) is 15.9. The minimum atomic E-state index is -1.12. The van der Waals surface area contributed by atoms with Gasteiger partial charge >= 0.3 is 11.9 Å². The molecule has 4 nitrogen and oxygen atoms in total. The van der Waals surface area contributed by atoms with Crippen LogP contribution in [0.25, 0.3) is 0 Å². The van der Waals surface area contributed by atoms with E-state index in [1.54, 1.807) is 12.1 Å². The van der Waals surface area contributed by atoms with Gasteiger partial charge in [-0.1, -0.05) is 89.0 Å². The predicted molar refractivity (Wildman–Crippen MR) is 114 cm³/mol. The van der Waals surface area contributed by atoms with E-state index in [4.69, 9.17) is 9.84 Å². The van der Waals surface area contributed by atoms with Crippen LogP contribution in [0.1, 0.15) is 105 Å². The van der Waals surface area contributed by atoms with Crippen molar-refractivity contribution in [2.75, 3.05) is 6.61 Å². The molecule has 1 aromatic carbocycles. The number of allylic oxidation sites excluding steroid dienone is 1. The minimum Gasteiger partial charge on any atom is -0.478 e. The van der Waals surface area contributed by atoms with Crippen molar-refractivity contribution >= 4 is 11.9 Å². The lowest BCUT2D eigenvalue weighted by Crippen LogP contribution is -2.11. The normalized spacial score (nSPS) is 11.0. The summed E-state index contributed by atoms with van der Waals surface area (Å²) in [5, 5.41) is 9.10. The van der Waals surface area contributed by atoms with E-state index in [1.165, 1.54) is 76.3 Å². The van der Waals surface area contributed by atoms with Crippen molar-refractivity contribution in [2.45, 2.75) is 84.0 Å². The zero-order valence-electron chi connectivity index (χ0n) is 17.3. The van der Waals surface area contributed by atoms with Gasteiger partial charge in [0.25, 0.3) is 0 Å². The number of benzene rings is 1. The maximum Gasteiger partial charge on any atom is 0.339 e. The third-order valence-corrected chi connectivity index (χ3v) is 4.79. The number of ether oxygens (including phenoxy) is 1. The Hall–Kier alpha value is -2.10. The topological polar surface area (TPSA) is 63.6 Å². The molecule has 0 aromatic heterocycles. The van der Waals surface area contributed by atoms with Crippen molar-refractivity contribution in [1.29, 1.82) is 0 Å². The Kier molecular flexibility index (Phi) is 13.6. The van der Waals surface area contributed by atoms with E-state index in [1.807, 2.05) is 6.08 Å². The average molecular weight is 389 g/mol. The van der Waals surface area contributed by atoms with Gasteiger partial charge in [0, 0.05) is 0 Å². The minimum absolute atomic E-state index is 0.0241. The van der Waals surface area contributed by atoms with E-state index < -0.39 is 11.9 Å². The number of carboxylic acids is 1. The molecule has 156 valence electrons. The van der Waals surface area contributed by atoms with Gasteiger partial charge in [-0.25, -0.2) is 9.59 Å². The van der Waals surface area contributed by atoms with Crippen LogP contribution in [0.3, 0.4) is 0 Å². The second-order valence-electron chi connectivity index (χ2n) is 7.22. The van der Waals surface area contributed by atoms with Crippen LogP contribution in [-0.2, 0) is 4.74 Å². The highest BCUT2D eigenvalue weighted by atomic mass is 16.5. The van der Waals surface area contributed by atoms with Gasteiger partial charge < -0.3 is 9.84 Å². The quantitative estimate of drug-likeness (QED) is 0.192. The van der Waals surface area contributed by atoms with Gasteiger partial charge in [-0.05, 0) is 31.4 Å². The van der Waals surface area contributed by atoms with Crippen molar-refractivity contribution < 1.29 is 19.4 Å². The van der Waals surface area contributed by atoms with Crippen molar-refractivity contribution in [3.63, 3.8) is 0 Å². The van der Waals surface area contributed by atoms with E-state index in [-0.39, 0.29) is 17.7 Å². The lowest BCUT2D eigenvalue weighted by Gasteiger charge is -2.05. The lowest BCUT2D eigenvalue weighted by atomic mass is 10.1. The summed E-state index contributed by atoms with van der Waals surface area (Å²) in [6.07, 6.45) is 19.3. The lowest BCUT2D eigenvalue weighted by molar-refractivity contribution is 0.0500. The molecule has 28 heavy (non-hydrogen) atoms. The SMILES string of the molecule is CCCCCCCCCCCC/C=C/CCOC(=O)c1ccccc1C(=O)O. The van der Waals surface area contributed by atoms with Gasteiger partial charge in [0.05, 0.1) is 17.7 Å². The maximum atomic E-state index is 12.0.